The molecule has 1 N–H and O–H groups in total. The number of nitrogens with one attached hydrogen (secondary N) is 1. The minimum atomic E-state index is 0.554. The Morgan fingerprint density at radius 3 is 2.95 bits per heavy atom. The number of halogens is 1. The molecule has 4 heteroatoms. The molecule has 0 fully saturated rings. The van der Waals surface area contributed by atoms with Gasteiger partial charge in [0.2, 0.25) is 0 Å². The van der Waals surface area contributed by atoms with E-state index in [1.54, 1.807) is 6.26 Å². The summed E-state index contributed by atoms with van der Waals surface area (Å²) in [4.78, 5) is 0. The Morgan fingerprint density at radius 1 is 1.21 bits per heavy atom. The zero-order valence-corrected chi connectivity index (χ0v) is 12.4. The summed E-state index contributed by atoms with van der Waals surface area (Å²) in [6.07, 6.45) is 2.66. The molecule has 0 radical (unpaired) electrons. The third-order valence-corrected chi connectivity index (χ3v) is 3.18. The highest BCUT2D eigenvalue weighted by molar-refractivity contribution is 9.10. The molecule has 0 amide bonds. The summed E-state index contributed by atoms with van der Waals surface area (Å²) in [5.41, 5.74) is 1.28. The molecule has 3 nitrogen and oxygen atoms in total. The van der Waals surface area contributed by atoms with Crippen LogP contribution in [0, 0.1) is 0 Å². The molecule has 2 aromatic rings. The number of furan rings is 1. The van der Waals surface area contributed by atoms with Crippen LogP contribution in [0.25, 0.3) is 0 Å². The predicted molar refractivity (Wildman–Crippen MR) is 78.8 cm³/mol. The van der Waals surface area contributed by atoms with Gasteiger partial charge < -0.3 is 14.5 Å². The molecule has 19 heavy (non-hydrogen) atoms. The van der Waals surface area contributed by atoms with Crippen molar-refractivity contribution in [1.82, 2.24) is 5.32 Å². The monoisotopic (exact) mass is 323 g/mol. The first kappa shape index (κ1) is 14.3. The van der Waals surface area contributed by atoms with Gasteiger partial charge in [0.25, 0.3) is 0 Å². The van der Waals surface area contributed by atoms with Crippen LogP contribution in [0.2, 0.25) is 0 Å². The van der Waals surface area contributed by atoms with E-state index in [1.807, 2.05) is 24.3 Å². The molecule has 0 bridgehead atoms. The first-order valence-corrected chi connectivity index (χ1v) is 7.19. The van der Waals surface area contributed by atoms with Crippen LogP contribution in [0.4, 0.5) is 0 Å². The molecule has 0 aliphatic carbocycles. The van der Waals surface area contributed by atoms with Crippen LogP contribution in [-0.4, -0.2) is 13.2 Å². The summed E-state index contributed by atoms with van der Waals surface area (Å²) < 4.78 is 11.8. The molecular weight excluding hydrogens is 306 g/mol. The van der Waals surface area contributed by atoms with E-state index >= 15 is 0 Å². The fraction of sp³-hybridized carbons (Fsp3) is 0.333. The average Bonchev–Trinajstić information content (AvgIpc) is 2.91. The van der Waals surface area contributed by atoms with Crippen molar-refractivity contribution >= 4 is 15.9 Å². The maximum Gasteiger partial charge on any atom is 0.129 e. The number of ether oxygens (including phenoxy) is 1. The van der Waals surface area contributed by atoms with Crippen molar-refractivity contribution in [1.29, 1.82) is 0 Å². The van der Waals surface area contributed by atoms with Gasteiger partial charge >= 0.3 is 0 Å². The van der Waals surface area contributed by atoms with Gasteiger partial charge in [-0.2, -0.15) is 0 Å². The molecule has 0 atom stereocenters. The standard InChI is InChI=1S/C15H18BrNO2/c16-14-5-1-4-13(10-14)11-17-7-3-8-18-12-15-6-2-9-19-15/h1-2,4-6,9-10,17H,3,7-8,11-12H2. The van der Waals surface area contributed by atoms with Gasteiger partial charge in [-0.15, -0.1) is 0 Å². The predicted octanol–water partition coefficient (Wildman–Crippen LogP) is 3.74. The SMILES string of the molecule is Brc1cccc(CNCCCOCc2ccco2)c1. The Balaban J connectivity index is 1.50. The maximum absolute atomic E-state index is 5.51. The van der Waals surface area contributed by atoms with E-state index in [1.165, 1.54) is 5.56 Å². The fourth-order valence-corrected chi connectivity index (χ4v) is 2.19. The molecule has 1 aromatic heterocycles. The van der Waals surface area contributed by atoms with E-state index < -0.39 is 0 Å². The summed E-state index contributed by atoms with van der Waals surface area (Å²) >= 11 is 3.47. The summed E-state index contributed by atoms with van der Waals surface area (Å²) in [7, 11) is 0. The highest BCUT2D eigenvalue weighted by Crippen LogP contribution is 2.11. The van der Waals surface area contributed by atoms with Crippen LogP contribution in [0.15, 0.2) is 51.6 Å². The Bertz CT molecular complexity index is 471. The molecule has 1 aromatic carbocycles. The van der Waals surface area contributed by atoms with E-state index in [2.05, 4.69) is 33.4 Å². The van der Waals surface area contributed by atoms with E-state index in [9.17, 15) is 0 Å². The minimum Gasteiger partial charge on any atom is -0.467 e. The van der Waals surface area contributed by atoms with E-state index in [-0.39, 0.29) is 0 Å². The van der Waals surface area contributed by atoms with Crippen molar-refractivity contribution in [3.05, 3.63) is 58.5 Å². The molecule has 0 spiro atoms. The number of hydrogen-bond donors (Lipinski definition) is 1. The second-order valence-electron chi connectivity index (χ2n) is 4.29. The van der Waals surface area contributed by atoms with Crippen LogP contribution in [-0.2, 0) is 17.9 Å². The lowest BCUT2D eigenvalue weighted by Gasteiger charge is -2.06. The molecule has 0 aliphatic heterocycles. The largest absolute Gasteiger partial charge is 0.467 e. The Labute approximate surface area is 122 Å². The first-order valence-electron chi connectivity index (χ1n) is 6.40. The van der Waals surface area contributed by atoms with Gasteiger partial charge in [-0.3, -0.25) is 0 Å². The van der Waals surface area contributed by atoms with Crippen molar-refractivity contribution < 1.29 is 9.15 Å². The Kier molecular flexibility index (Phi) is 6.14. The summed E-state index contributed by atoms with van der Waals surface area (Å²) in [6.45, 7) is 3.13. The Morgan fingerprint density at radius 2 is 2.16 bits per heavy atom. The third-order valence-electron chi connectivity index (χ3n) is 2.68. The van der Waals surface area contributed by atoms with Gasteiger partial charge in [-0.25, -0.2) is 0 Å². The van der Waals surface area contributed by atoms with Gasteiger partial charge in [0.05, 0.1) is 6.26 Å². The summed E-state index contributed by atoms with van der Waals surface area (Å²) in [6, 6.07) is 12.1. The molecule has 1 heterocycles. The third kappa shape index (κ3) is 5.59. The zero-order valence-electron chi connectivity index (χ0n) is 10.8. The summed E-state index contributed by atoms with van der Waals surface area (Å²) in [5, 5.41) is 3.40. The number of rotatable bonds is 8. The van der Waals surface area contributed by atoms with Gasteiger partial charge in [-0.05, 0) is 42.8 Å². The molecule has 2 rings (SSSR count). The van der Waals surface area contributed by atoms with Crippen LogP contribution in [0.5, 0.6) is 0 Å². The minimum absolute atomic E-state index is 0.554. The highest BCUT2D eigenvalue weighted by atomic mass is 79.9. The van der Waals surface area contributed by atoms with Gasteiger partial charge in [0.1, 0.15) is 12.4 Å². The lowest BCUT2D eigenvalue weighted by Crippen LogP contribution is -2.16. The van der Waals surface area contributed by atoms with Crippen LogP contribution in [0.3, 0.4) is 0 Å². The van der Waals surface area contributed by atoms with Crippen molar-refractivity contribution in [3.8, 4) is 0 Å². The van der Waals surface area contributed by atoms with Crippen molar-refractivity contribution in [2.45, 2.75) is 19.6 Å². The topological polar surface area (TPSA) is 34.4 Å². The molecule has 0 saturated heterocycles. The van der Waals surface area contributed by atoms with E-state index in [4.69, 9.17) is 9.15 Å². The van der Waals surface area contributed by atoms with Gasteiger partial charge in [0, 0.05) is 17.6 Å². The van der Waals surface area contributed by atoms with E-state index in [0.29, 0.717) is 6.61 Å². The van der Waals surface area contributed by atoms with Crippen molar-refractivity contribution in [2.24, 2.45) is 0 Å². The van der Waals surface area contributed by atoms with Crippen molar-refractivity contribution in [2.75, 3.05) is 13.2 Å². The fourth-order valence-electron chi connectivity index (χ4n) is 1.75. The number of benzene rings is 1. The Hall–Kier alpha value is -1.10. The molecule has 102 valence electrons. The molecule has 0 saturated carbocycles. The maximum atomic E-state index is 5.51. The second-order valence-corrected chi connectivity index (χ2v) is 5.21. The normalized spacial score (nSPS) is 10.8. The first-order chi connectivity index (χ1) is 9.34. The van der Waals surface area contributed by atoms with Crippen LogP contribution in [0.1, 0.15) is 17.7 Å². The smallest absolute Gasteiger partial charge is 0.129 e. The lowest BCUT2D eigenvalue weighted by molar-refractivity contribution is 0.104. The van der Waals surface area contributed by atoms with E-state index in [0.717, 1.165) is 36.4 Å². The highest BCUT2D eigenvalue weighted by Gasteiger charge is 1.96. The lowest BCUT2D eigenvalue weighted by atomic mass is 10.2. The van der Waals surface area contributed by atoms with Gasteiger partial charge in [0.15, 0.2) is 0 Å². The molecular formula is C15H18BrNO2. The van der Waals surface area contributed by atoms with Crippen molar-refractivity contribution in [3.63, 3.8) is 0 Å². The van der Waals surface area contributed by atoms with Crippen LogP contribution >= 0.6 is 15.9 Å². The molecule has 0 aliphatic rings. The number of hydrogen-bond acceptors (Lipinski definition) is 3. The molecule has 0 unspecified atom stereocenters. The average molecular weight is 324 g/mol. The summed E-state index contributed by atoms with van der Waals surface area (Å²) in [5.74, 6) is 0.877. The van der Waals surface area contributed by atoms with Gasteiger partial charge in [-0.1, -0.05) is 28.1 Å². The van der Waals surface area contributed by atoms with Crippen LogP contribution < -0.4 is 5.32 Å². The quantitative estimate of drug-likeness (QED) is 0.751. The second kappa shape index (κ2) is 8.15. The zero-order chi connectivity index (χ0) is 13.3.